The number of aliphatic imine (C=N–C) groups is 1. The Hall–Kier alpha value is -2.69. The first kappa shape index (κ1) is 10.5. The molecule has 0 saturated carbocycles. The molecule has 5 heteroatoms. The summed E-state index contributed by atoms with van der Waals surface area (Å²) in [5.41, 5.74) is 1.30. The molecule has 0 fully saturated rings. The van der Waals surface area contributed by atoms with Crippen molar-refractivity contribution in [2.24, 2.45) is 4.99 Å². The Kier molecular flexibility index (Phi) is 2.30. The minimum Gasteiger partial charge on any atom is -0.454 e. The average molecular weight is 240 g/mol. The molecule has 1 aliphatic rings. The highest BCUT2D eigenvalue weighted by Crippen LogP contribution is 2.37. The molecule has 0 atom stereocenters. The zero-order valence-electron chi connectivity index (χ0n) is 9.24. The molecule has 0 aliphatic carbocycles. The van der Waals surface area contributed by atoms with Crippen LogP contribution in [-0.4, -0.2) is 11.1 Å². The van der Waals surface area contributed by atoms with Gasteiger partial charge in [-0.25, -0.2) is 0 Å². The fraction of sp³-hybridized carbons (Fsp3) is 0. The van der Waals surface area contributed by atoms with Crippen molar-refractivity contribution >= 4 is 17.6 Å². The van der Waals surface area contributed by atoms with E-state index in [0.717, 1.165) is 5.56 Å². The molecule has 0 unspecified atom stereocenters. The van der Waals surface area contributed by atoms with Crippen LogP contribution in [0.1, 0.15) is 5.56 Å². The fourth-order valence-electron chi connectivity index (χ4n) is 1.74. The predicted octanol–water partition coefficient (Wildman–Crippen LogP) is 3.45. The molecule has 0 bridgehead atoms. The van der Waals surface area contributed by atoms with E-state index in [9.17, 15) is 10.1 Å². The Bertz CT molecular complexity index is 665. The van der Waals surface area contributed by atoms with E-state index in [4.69, 9.17) is 4.74 Å². The number of fused-ring (bicyclic) bond motifs is 2. The zero-order valence-corrected chi connectivity index (χ0v) is 9.24. The molecule has 0 N–H and O–H groups in total. The summed E-state index contributed by atoms with van der Waals surface area (Å²) in [6.07, 6.45) is 1.64. The quantitative estimate of drug-likeness (QED) is 0.483. The number of benzene rings is 2. The monoisotopic (exact) mass is 240 g/mol. The number of nitro benzene ring substituents is 1. The highest BCUT2D eigenvalue weighted by atomic mass is 16.6. The molecule has 1 heterocycles. The summed E-state index contributed by atoms with van der Waals surface area (Å²) in [5.74, 6) is 1.20. The Labute approximate surface area is 103 Å². The van der Waals surface area contributed by atoms with Crippen molar-refractivity contribution < 1.29 is 9.66 Å². The van der Waals surface area contributed by atoms with Crippen LogP contribution in [0.4, 0.5) is 11.4 Å². The summed E-state index contributed by atoms with van der Waals surface area (Å²) in [6, 6.07) is 11.8. The van der Waals surface area contributed by atoms with Crippen LogP contribution < -0.4 is 4.74 Å². The molecule has 88 valence electrons. The number of hydrogen-bond donors (Lipinski definition) is 0. The van der Waals surface area contributed by atoms with E-state index in [1.165, 1.54) is 12.1 Å². The molecular weight excluding hydrogens is 232 g/mol. The summed E-state index contributed by atoms with van der Waals surface area (Å²) < 4.78 is 5.69. The van der Waals surface area contributed by atoms with Gasteiger partial charge in [0.05, 0.1) is 4.92 Å². The Balaban J connectivity index is 2.12. The maximum atomic E-state index is 10.7. The molecule has 0 saturated heterocycles. The summed E-state index contributed by atoms with van der Waals surface area (Å²) >= 11 is 0. The molecule has 18 heavy (non-hydrogen) atoms. The van der Waals surface area contributed by atoms with Crippen molar-refractivity contribution in [3.8, 4) is 11.5 Å². The van der Waals surface area contributed by atoms with E-state index in [-0.39, 0.29) is 5.69 Å². The first-order chi connectivity index (χ1) is 8.74. The maximum absolute atomic E-state index is 10.7. The Morgan fingerprint density at radius 2 is 1.94 bits per heavy atom. The number of hydrogen-bond acceptors (Lipinski definition) is 4. The number of nitrogens with zero attached hydrogens (tertiary/aromatic N) is 2. The summed E-state index contributed by atoms with van der Waals surface area (Å²) in [5, 5.41) is 10.7. The molecule has 1 aliphatic heterocycles. The van der Waals surface area contributed by atoms with Crippen LogP contribution in [0.3, 0.4) is 0 Å². The van der Waals surface area contributed by atoms with E-state index in [2.05, 4.69) is 4.99 Å². The largest absolute Gasteiger partial charge is 0.454 e. The standard InChI is InChI=1S/C13H8N2O3/c16-15(17)10-5-6-13-11(7-10)14-8-9-3-1-2-4-12(9)18-13/h1-8H. The molecule has 5 nitrogen and oxygen atoms in total. The van der Waals surface area contributed by atoms with Gasteiger partial charge in [-0.1, -0.05) is 12.1 Å². The number of ether oxygens (including phenoxy) is 1. The van der Waals surface area contributed by atoms with Gasteiger partial charge >= 0.3 is 0 Å². The lowest BCUT2D eigenvalue weighted by molar-refractivity contribution is -0.384. The van der Waals surface area contributed by atoms with Gasteiger partial charge in [0.1, 0.15) is 11.4 Å². The Morgan fingerprint density at radius 3 is 2.78 bits per heavy atom. The lowest BCUT2D eigenvalue weighted by Gasteiger charge is -2.06. The van der Waals surface area contributed by atoms with Crippen LogP contribution in [0, 0.1) is 10.1 Å². The molecule has 0 spiro atoms. The lowest BCUT2D eigenvalue weighted by Crippen LogP contribution is -1.89. The molecule has 0 radical (unpaired) electrons. The third-order valence-corrected chi connectivity index (χ3v) is 2.63. The van der Waals surface area contributed by atoms with E-state index in [1.54, 1.807) is 12.3 Å². The minimum atomic E-state index is -0.451. The van der Waals surface area contributed by atoms with Crippen molar-refractivity contribution in [3.63, 3.8) is 0 Å². The second-order valence-corrected chi connectivity index (χ2v) is 3.81. The zero-order chi connectivity index (χ0) is 12.5. The van der Waals surface area contributed by atoms with E-state index in [0.29, 0.717) is 17.2 Å². The van der Waals surface area contributed by atoms with Gasteiger partial charge in [-0.15, -0.1) is 0 Å². The second kappa shape index (κ2) is 3.96. The average Bonchev–Trinajstić information content (AvgIpc) is 2.56. The van der Waals surface area contributed by atoms with Gasteiger partial charge in [0.2, 0.25) is 0 Å². The predicted molar refractivity (Wildman–Crippen MR) is 66.9 cm³/mol. The van der Waals surface area contributed by atoms with Crippen LogP contribution in [0.2, 0.25) is 0 Å². The minimum absolute atomic E-state index is 0.000422. The Morgan fingerprint density at radius 1 is 1.11 bits per heavy atom. The van der Waals surface area contributed by atoms with Crippen LogP contribution in [0.25, 0.3) is 0 Å². The smallest absolute Gasteiger partial charge is 0.271 e. The molecule has 3 rings (SSSR count). The first-order valence-corrected chi connectivity index (χ1v) is 5.33. The van der Waals surface area contributed by atoms with Gasteiger partial charge in [-0.3, -0.25) is 15.1 Å². The first-order valence-electron chi connectivity index (χ1n) is 5.33. The SMILES string of the molecule is O=[N+]([O-])c1ccc2c(c1)N=Cc1ccccc1O2. The summed E-state index contributed by atoms with van der Waals surface area (Å²) in [4.78, 5) is 14.5. The van der Waals surface area contributed by atoms with Gasteiger partial charge in [0, 0.05) is 23.9 Å². The van der Waals surface area contributed by atoms with E-state index >= 15 is 0 Å². The third-order valence-electron chi connectivity index (χ3n) is 2.63. The van der Waals surface area contributed by atoms with Crippen molar-refractivity contribution in [1.82, 2.24) is 0 Å². The summed E-state index contributed by atoms with van der Waals surface area (Å²) in [7, 11) is 0. The van der Waals surface area contributed by atoms with Crippen molar-refractivity contribution in [1.29, 1.82) is 0 Å². The van der Waals surface area contributed by atoms with Crippen molar-refractivity contribution in [2.45, 2.75) is 0 Å². The molecule has 2 aromatic rings. The highest BCUT2D eigenvalue weighted by molar-refractivity contribution is 5.87. The second-order valence-electron chi connectivity index (χ2n) is 3.81. The van der Waals surface area contributed by atoms with Crippen molar-refractivity contribution in [2.75, 3.05) is 0 Å². The van der Waals surface area contributed by atoms with E-state index in [1.807, 2.05) is 24.3 Å². The summed E-state index contributed by atoms with van der Waals surface area (Å²) in [6.45, 7) is 0. The van der Waals surface area contributed by atoms with Gasteiger partial charge in [-0.2, -0.15) is 0 Å². The number of nitro groups is 1. The number of non-ortho nitro benzene ring substituents is 1. The van der Waals surface area contributed by atoms with Gasteiger partial charge in [-0.05, 0) is 18.2 Å². The van der Waals surface area contributed by atoms with Crippen LogP contribution in [0.15, 0.2) is 47.5 Å². The molecule has 2 aromatic carbocycles. The van der Waals surface area contributed by atoms with Gasteiger partial charge in [0.25, 0.3) is 5.69 Å². The van der Waals surface area contributed by atoms with Gasteiger partial charge in [0.15, 0.2) is 5.75 Å². The van der Waals surface area contributed by atoms with Crippen LogP contribution in [-0.2, 0) is 0 Å². The highest BCUT2D eigenvalue weighted by Gasteiger charge is 2.15. The number of rotatable bonds is 1. The maximum Gasteiger partial charge on any atom is 0.271 e. The van der Waals surface area contributed by atoms with Crippen molar-refractivity contribution in [3.05, 3.63) is 58.1 Å². The lowest BCUT2D eigenvalue weighted by atomic mass is 10.2. The molecule has 0 amide bonds. The van der Waals surface area contributed by atoms with E-state index < -0.39 is 4.92 Å². The molecule has 0 aromatic heterocycles. The molecular formula is C13H8N2O3. The number of para-hydroxylation sites is 1. The topological polar surface area (TPSA) is 64.7 Å². The normalized spacial score (nSPS) is 12.0. The van der Waals surface area contributed by atoms with Crippen LogP contribution in [0.5, 0.6) is 11.5 Å². The van der Waals surface area contributed by atoms with Gasteiger partial charge < -0.3 is 4.74 Å². The van der Waals surface area contributed by atoms with Crippen LogP contribution >= 0.6 is 0 Å². The third kappa shape index (κ3) is 1.71. The fourth-order valence-corrected chi connectivity index (χ4v) is 1.74.